The molecular formula is C25H35FN4O3. The van der Waals surface area contributed by atoms with Crippen molar-refractivity contribution in [2.75, 3.05) is 38.7 Å². The van der Waals surface area contributed by atoms with Crippen LogP contribution in [0, 0.1) is 23.6 Å². The van der Waals surface area contributed by atoms with Gasteiger partial charge in [-0.15, -0.1) is 0 Å². The van der Waals surface area contributed by atoms with Gasteiger partial charge in [-0.25, -0.2) is 4.39 Å². The van der Waals surface area contributed by atoms with Gasteiger partial charge >= 0.3 is 6.01 Å². The molecule has 4 rings (SSSR count). The third-order valence-corrected chi connectivity index (χ3v) is 6.96. The number of anilines is 1. The summed E-state index contributed by atoms with van der Waals surface area (Å²) in [4.78, 5) is 20.0. The lowest BCUT2D eigenvalue weighted by Crippen LogP contribution is -2.34. The summed E-state index contributed by atoms with van der Waals surface area (Å²) in [7, 11) is 3.34. The van der Waals surface area contributed by atoms with Crippen LogP contribution in [0.5, 0.6) is 5.75 Å². The summed E-state index contributed by atoms with van der Waals surface area (Å²) in [5.41, 5.74) is 0.399. The number of aromatic nitrogens is 2. The van der Waals surface area contributed by atoms with Gasteiger partial charge in [0, 0.05) is 39.2 Å². The van der Waals surface area contributed by atoms with Crippen LogP contribution in [0.25, 0.3) is 0 Å². The van der Waals surface area contributed by atoms with Gasteiger partial charge in [0.05, 0.1) is 13.0 Å². The van der Waals surface area contributed by atoms with Crippen LogP contribution in [0.15, 0.2) is 22.7 Å². The Hall–Kier alpha value is -2.64. The molecule has 1 aliphatic carbocycles. The molecule has 0 radical (unpaired) electrons. The highest BCUT2D eigenvalue weighted by molar-refractivity contribution is 5.78. The number of ether oxygens (including phenoxy) is 1. The lowest BCUT2D eigenvalue weighted by atomic mass is 9.90. The summed E-state index contributed by atoms with van der Waals surface area (Å²) in [6.45, 7) is 6.66. The summed E-state index contributed by atoms with van der Waals surface area (Å²) >= 11 is 0. The van der Waals surface area contributed by atoms with E-state index in [2.05, 4.69) is 28.9 Å². The predicted octanol–water partition coefficient (Wildman–Crippen LogP) is 4.28. The van der Waals surface area contributed by atoms with Crippen molar-refractivity contribution < 1.29 is 18.4 Å². The Labute approximate surface area is 195 Å². The molecule has 2 atom stereocenters. The molecule has 1 aliphatic heterocycles. The SMILES string of the molecule is CC(C)c1noc(N2CCC(C3C[C@H]3CCOc3ccc(CC(=O)N(C)C)c(F)c3)CC2)n1. The van der Waals surface area contributed by atoms with E-state index < -0.39 is 0 Å². The van der Waals surface area contributed by atoms with Crippen molar-refractivity contribution in [3.63, 3.8) is 0 Å². The molecule has 1 saturated carbocycles. The summed E-state index contributed by atoms with van der Waals surface area (Å²) < 4.78 is 25.5. The number of carbonyl (C=O) groups excluding carboxylic acids is 1. The number of amides is 1. The smallest absolute Gasteiger partial charge is 0.324 e. The first-order valence-corrected chi connectivity index (χ1v) is 12.0. The van der Waals surface area contributed by atoms with Crippen LogP contribution < -0.4 is 9.64 Å². The van der Waals surface area contributed by atoms with Crippen molar-refractivity contribution in [2.45, 2.75) is 51.9 Å². The highest BCUT2D eigenvalue weighted by atomic mass is 19.1. The number of rotatable bonds is 9. The van der Waals surface area contributed by atoms with Gasteiger partial charge in [0.15, 0.2) is 5.82 Å². The van der Waals surface area contributed by atoms with Crippen LogP contribution in [0.2, 0.25) is 0 Å². The second kappa shape index (κ2) is 10.1. The van der Waals surface area contributed by atoms with Crippen LogP contribution in [0.4, 0.5) is 10.4 Å². The Kier molecular flexibility index (Phi) is 7.20. The van der Waals surface area contributed by atoms with Crippen molar-refractivity contribution in [1.82, 2.24) is 15.0 Å². The fourth-order valence-corrected chi connectivity index (χ4v) is 4.70. The fraction of sp³-hybridized carbons (Fsp3) is 0.640. The number of halogens is 1. The van der Waals surface area contributed by atoms with Gasteiger partial charge in [-0.05, 0) is 55.1 Å². The second-order valence-corrected chi connectivity index (χ2v) is 9.93. The van der Waals surface area contributed by atoms with E-state index in [1.807, 2.05) is 0 Å². The Morgan fingerprint density at radius 3 is 2.70 bits per heavy atom. The number of piperidine rings is 1. The van der Waals surface area contributed by atoms with E-state index in [1.54, 1.807) is 26.2 Å². The van der Waals surface area contributed by atoms with E-state index in [1.165, 1.54) is 17.4 Å². The molecule has 1 unspecified atom stereocenters. The minimum absolute atomic E-state index is 0.0626. The van der Waals surface area contributed by atoms with E-state index in [9.17, 15) is 9.18 Å². The zero-order chi connectivity index (χ0) is 23.5. The van der Waals surface area contributed by atoms with Gasteiger partial charge in [-0.1, -0.05) is 25.1 Å². The van der Waals surface area contributed by atoms with Gasteiger partial charge in [0.25, 0.3) is 0 Å². The van der Waals surface area contributed by atoms with Crippen LogP contribution in [-0.2, 0) is 11.2 Å². The Morgan fingerprint density at radius 1 is 1.30 bits per heavy atom. The number of hydrogen-bond donors (Lipinski definition) is 0. The maximum absolute atomic E-state index is 14.3. The van der Waals surface area contributed by atoms with E-state index >= 15 is 0 Å². The zero-order valence-electron chi connectivity index (χ0n) is 20.1. The number of likely N-dealkylation sites (N-methyl/N-ethyl adjacent to an activating group) is 1. The molecule has 0 bridgehead atoms. The predicted molar refractivity (Wildman–Crippen MR) is 124 cm³/mol. The first-order chi connectivity index (χ1) is 15.8. The topological polar surface area (TPSA) is 71.7 Å². The lowest BCUT2D eigenvalue weighted by molar-refractivity contribution is -0.128. The van der Waals surface area contributed by atoms with Crippen molar-refractivity contribution in [3.8, 4) is 5.75 Å². The number of nitrogens with zero attached hydrogens (tertiary/aromatic N) is 4. The first kappa shape index (κ1) is 23.5. The maximum Gasteiger partial charge on any atom is 0.324 e. The molecular weight excluding hydrogens is 423 g/mol. The Balaban J connectivity index is 1.17. The maximum atomic E-state index is 14.3. The molecule has 33 heavy (non-hydrogen) atoms. The van der Waals surface area contributed by atoms with Crippen LogP contribution in [0.3, 0.4) is 0 Å². The van der Waals surface area contributed by atoms with Crippen molar-refractivity contribution >= 4 is 11.9 Å². The van der Waals surface area contributed by atoms with Gasteiger partial charge in [0.1, 0.15) is 11.6 Å². The lowest BCUT2D eigenvalue weighted by Gasteiger charge is -2.30. The Bertz CT molecular complexity index is 953. The molecule has 0 N–H and O–H groups in total. The van der Waals surface area contributed by atoms with Crippen molar-refractivity contribution in [1.29, 1.82) is 0 Å². The monoisotopic (exact) mass is 458 g/mol. The molecule has 2 aromatic rings. The van der Waals surface area contributed by atoms with Crippen molar-refractivity contribution in [2.24, 2.45) is 17.8 Å². The number of benzene rings is 1. The zero-order valence-corrected chi connectivity index (χ0v) is 20.1. The molecule has 2 heterocycles. The number of carbonyl (C=O) groups is 1. The normalized spacial score (nSPS) is 20.8. The molecule has 1 aromatic carbocycles. The van der Waals surface area contributed by atoms with E-state index in [0.29, 0.717) is 29.9 Å². The quantitative estimate of drug-likeness (QED) is 0.558. The molecule has 8 heteroatoms. The summed E-state index contributed by atoms with van der Waals surface area (Å²) in [5, 5.41) is 4.08. The van der Waals surface area contributed by atoms with Gasteiger partial charge in [-0.2, -0.15) is 4.98 Å². The second-order valence-electron chi connectivity index (χ2n) is 9.93. The standard InChI is InChI=1S/C25H35FN4O3/c1-16(2)24-27-25(33-28-24)30-10-7-17(8-11-30)21-13-18(21)9-12-32-20-6-5-19(22(26)15-20)14-23(31)29(3)4/h5-6,15-18,21H,7-14H2,1-4H3/t18-,21?/m1/s1. The third kappa shape index (κ3) is 5.84. The van der Waals surface area contributed by atoms with Crippen molar-refractivity contribution in [3.05, 3.63) is 35.4 Å². The van der Waals surface area contributed by atoms with Crippen LogP contribution >= 0.6 is 0 Å². The summed E-state index contributed by atoms with van der Waals surface area (Å²) in [6.07, 6.45) is 4.62. The highest BCUT2D eigenvalue weighted by Crippen LogP contribution is 2.50. The van der Waals surface area contributed by atoms with Crippen LogP contribution in [0.1, 0.15) is 56.8 Å². The molecule has 7 nitrogen and oxygen atoms in total. The Morgan fingerprint density at radius 2 is 2.06 bits per heavy atom. The molecule has 1 saturated heterocycles. The molecule has 2 fully saturated rings. The molecule has 1 aromatic heterocycles. The first-order valence-electron chi connectivity index (χ1n) is 12.0. The molecule has 0 spiro atoms. The fourth-order valence-electron chi connectivity index (χ4n) is 4.70. The van der Waals surface area contributed by atoms with Gasteiger partial charge < -0.3 is 19.1 Å². The van der Waals surface area contributed by atoms with E-state index in [0.717, 1.165) is 50.0 Å². The average Bonchev–Trinajstić information content (AvgIpc) is 3.38. The third-order valence-electron chi connectivity index (χ3n) is 6.96. The van der Waals surface area contributed by atoms with E-state index in [-0.39, 0.29) is 24.1 Å². The van der Waals surface area contributed by atoms with Gasteiger partial charge in [-0.3, -0.25) is 4.79 Å². The minimum Gasteiger partial charge on any atom is -0.493 e. The molecule has 1 amide bonds. The largest absolute Gasteiger partial charge is 0.493 e. The molecule has 180 valence electrons. The van der Waals surface area contributed by atoms with Crippen LogP contribution in [-0.4, -0.2) is 54.7 Å². The summed E-state index contributed by atoms with van der Waals surface area (Å²) in [5.74, 6) is 3.26. The summed E-state index contributed by atoms with van der Waals surface area (Å²) in [6, 6.07) is 5.44. The molecule has 2 aliphatic rings. The minimum atomic E-state index is -0.388. The highest BCUT2D eigenvalue weighted by Gasteiger charge is 2.43. The number of hydrogen-bond acceptors (Lipinski definition) is 6. The van der Waals surface area contributed by atoms with Gasteiger partial charge in [0.2, 0.25) is 5.91 Å². The average molecular weight is 459 g/mol. The van der Waals surface area contributed by atoms with E-state index in [4.69, 9.17) is 9.26 Å².